The fourth-order valence-electron chi connectivity index (χ4n) is 3.19. The molecule has 0 heterocycles. The quantitative estimate of drug-likeness (QED) is 0.651. The number of aliphatic carboxylic acids is 1. The maximum absolute atomic E-state index is 10.9. The molecule has 0 amide bonds. The molecular weight excluding hydrogens is 380 g/mol. The molecule has 0 fully saturated rings. The number of carboxylic acid groups (broad SMARTS) is 1. The Kier molecular flexibility index (Phi) is 9.87. The summed E-state index contributed by atoms with van der Waals surface area (Å²) < 4.78 is 10.5. The molecule has 162 valence electrons. The molecule has 6 heteroatoms. The van der Waals surface area contributed by atoms with Gasteiger partial charge < -0.3 is 20.3 Å². The van der Waals surface area contributed by atoms with Crippen LogP contribution >= 0.6 is 0 Å². The van der Waals surface area contributed by atoms with Gasteiger partial charge in [-0.05, 0) is 42.5 Å². The third kappa shape index (κ3) is 6.50. The van der Waals surface area contributed by atoms with Crippen LogP contribution in [0, 0.1) is 17.2 Å². The Bertz CT molecular complexity index is 844. The van der Waals surface area contributed by atoms with E-state index in [1.807, 2.05) is 51.1 Å². The van der Waals surface area contributed by atoms with Gasteiger partial charge in [0.25, 0.3) is 0 Å². The number of benzene rings is 2. The fraction of sp³-hybridized carbons (Fsp3) is 0.417. The first kappa shape index (κ1) is 25.0. The molecule has 0 unspecified atom stereocenters. The third-order valence-corrected chi connectivity index (χ3v) is 5.14. The molecule has 0 aliphatic rings. The molecule has 0 aliphatic heterocycles. The number of carbonyl (C=O) groups is 1. The van der Waals surface area contributed by atoms with E-state index in [1.54, 1.807) is 25.3 Å². The van der Waals surface area contributed by atoms with Crippen molar-refractivity contribution in [1.82, 2.24) is 0 Å². The zero-order valence-electron chi connectivity index (χ0n) is 18.4. The molecule has 2 rings (SSSR count). The third-order valence-electron chi connectivity index (χ3n) is 5.14. The molecule has 3 N–H and O–H groups in total. The average molecular weight is 413 g/mol. The minimum absolute atomic E-state index is 0.0278. The Morgan fingerprint density at radius 1 is 1.10 bits per heavy atom. The van der Waals surface area contributed by atoms with E-state index in [4.69, 9.17) is 20.3 Å². The second kappa shape index (κ2) is 11.8. The molecular formula is C24H32N2O4. The molecule has 2 atom stereocenters. The van der Waals surface area contributed by atoms with Crippen molar-refractivity contribution in [1.29, 1.82) is 5.26 Å². The highest BCUT2D eigenvalue weighted by atomic mass is 16.5. The number of hydrogen-bond donors (Lipinski definition) is 2. The Balaban J connectivity index is 0.000000414. The normalized spacial score (nSPS) is 13.3. The van der Waals surface area contributed by atoms with Gasteiger partial charge in [-0.1, -0.05) is 50.2 Å². The molecule has 2 aromatic carbocycles. The Labute approximate surface area is 179 Å². The summed E-state index contributed by atoms with van der Waals surface area (Å²) in [6.07, 6.45) is 0.200. The van der Waals surface area contributed by atoms with Crippen LogP contribution in [0.1, 0.15) is 50.8 Å². The first-order chi connectivity index (χ1) is 14.2. The van der Waals surface area contributed by atoms with Crippen molar-refractivity contribution in [2.75, 3.05) is 14.2 Å². The van der Waals surface area contributed by atoms with Crippen molar-refractivity contribution in [2.45, 2.75) is 45.1 Å². The topological polar surface area (TPSA) is 106 Å². The van der Waals surface area contributed by atoms with E-state index in [0.29, 0.717) is 11.5 Å². The maximum atomic E-state index is 10.9. The van der Waals surface area contributed by atoms with Crippen LogP contribution in [0.15, 0.2) is 48.5 Å². The van der Waals surface area contributed by atoms with Crippen LogP contribution in [-0.2, 0) is 10.2 Å². The van der Waals surface area contributed by atoms with E-state index >= 15 is 0 Å². The molecule has 0 aromatic heterocycles. The highest BCUT2D eigenvalue weighted by Crippen LogP contribution is 2.40. The smallest absolute Gasteiger partial charge is 0.303 e. The van der Waals surface area contributed by atoms with Crippen molar-refractivity contribution >= 4 is 5.97 Å². The summed E-state index contributed by atoms with van der Waals surface area (Å²) >= 11 is 0. The fourth-order valence-corrected chi connectivity index (χ4v) is 3.19. The zero-order chi connectivity index (χ0) is 22.7. The van der Waals surface area contributed by atoms with Crippen LogP contribution in [0.4, 0.5) is 0 Å². The molecule has 0 radical (unpaired) electrons. The Morgan fingerprint density at radius 2 is 1.70 bits per heavy atom. The predicted octanol–water partition coefficient (Wildman–Crippen LogP) is 4.69. The first-order valence-electron chi connectivity index (χ1n) is 9.87. The van der Waals surface area contributed by atoms with Gasteiger partial charge in [-0.15, -0.1) is 0 Å². The number of nitrogens with two attached hydrogens (primary N) is 1. The van der Waals surface area contributed by atoms with E-state index in [2.05, 4.69) is 6.07 Å². The summed E-state index contributed by atoms with van der Waals surface area (Å²) in [6, 6.07) is 17.8. The number of nitrogens with zero attached hydrogens (tertiary/aromatic N) is 1. The van der Waals surface area contributed by atoms with E-state index in [9.17, 15) is 10.1 Å². The number of hydrogen-bond acceptors (Lipinski definition) is 5. The van der Waals surface area contributed by atoms with Gasteiger partial charge in [0, 0.05) is 12.5 Å². The van der Waals surface area contributed by atoms with Gasteiger partial charge in [-0.3, -0.25) is 4.79 Å². The van der Waals surface area contributed by atoms with E-state index in [1.165, 1.54) is 12.7 Å². The lowest BCUT2D eigenvalue weighted by Crippen LogP contribution is -2.31. The largest absolute Gasteiger partial charge is 0.493 e. The van der Waals surface area contributed by atoms with Crippen molar-refractivity contribution in [2.24, 2.45) is 11.7 Å². The molecule has 0 spiro atoms. The van der Waals surface area contributed by atoms with Crippen LogP contribution in [-0.4, -0.2) is 25.3 Å². The average Bonchev–Trinajstić information content (AvgIpc) is 2.75. The van der Waals surface area contributed by atoms with Gasteiger partial charge in [-0.25, -0.2) is 0 Å². The second-order valence-electron chi connectivity index (χ2n) is 7.40. The van der Waals surface area contributed by atoms with Gasteiger partial charge >= 0.3 is 5.97 Å². The lowest BCUT2D eigenvalue weighted by Gasteiger charge is -2.31. The lowest BCUT2D eigenvalue weighted by molar-refractivity contribution is -0.137. The number of methoxy groups -OCH3 is 2. The minimum atomic E-state index is -0.907. The monoisotopic (exact) mass is 412 g/mol. The molecule has 0 bridgehead atoms. The van der Waals surface area contributed by atoms with Gasteiger partial charge in [0.2, 0.25) is 0 Å². The van der Waals surface area contributed by atoms with Crippen molar-refractivity contribution in [3.8, 4) is 17.6 Å². The van der Waals surface area contributed by atoms with Crippen molar-refractivity contribution in [3.05, 3.63) is 59.7 Å². The van der Waals surface area contributed by atoms with Crippen LogP contribution < -0.4 is 15.2 Å². The highest BCUT2D eigenvalue weighted by molar-refractivity contribution is 5.67. The Morgan fingerprint density at radius 3 is 2.10 bits per heavy atom. The van der Waals surface area contributed by atoms with Crippen LogP contribution in [0.25, 0.3) is 0 Å². The second-order valence-corrected chi connectivity index (χ2v) is 7.40. The first-order valence-corrected chi connectivity index (χ1v) is 9.87. The molecule has 6 nitrogen and oxygen atoms in total. The van der Waals surface area contributed by atoms with Gasteiger partial charge in [0.1, 0.15) is 0 Å². The van der Waals surface area contributed by atoms with E-state index in [-0.39, 0.29) is 24.8 Å². The molecule has 0 aliphatic carbocycles. The number of rotatable bonds is 8. The summed E-state index contributed by atoms with van der Waals surface area (Å²) in [5.74, 6) is 0.177. The van der Waals surface area contributed by atoms with Gasteiger partial charge in [-0.2, -0.15) is 5.26 Å². The zero-order valence-corrected chi connectivity index (χ0v) is 18.4. The lowest BCUT2D eigenvalue weighted by atomic mass is 9.70. The number of ether oxygens (including phenoxy) is 2. The number of nitriles is 1. The summed E-state index contributed by atoms with van der Waals surface area (Å²) in [5.41, 5.74) is 6.69. The SMILES string of the molecule is COc1ccc([C@](C#N)(CCC(=O)O)C(C)C)cc1OC.C[C@@H](N)c1ccccc1. The van der Waals surface area contributed by atoms with Crippen LogP contribution in [0.2, 0.25) is 0 Å². The van der Waals surface area contributed by atoms with E-state index in [0.717, 1.165) is 5.56 Å². The summed E-state index contributed by atoms with van der Waals surface area (Å²) in [5, 5.41) is 18.6. The van der Waals surface area contributed by atoms with Crippen molar-refractivity contribution < 1.29 is 19.4 Å². The van der Waals surface area contributed by atoms with Crippen molar-refractivity contribution in [3.63, 3.8) is 0 Å². The summed E-state index contributed by atoms with van der Waals surface area (Å²) in [4.78, 5) is 10.9. The highest BCUT2D eigenvalue weighted by Gasteiger charge is 2.37. The molecule has 0 saturated heterocycles. The summed E-state index contributed by atoms with van der Waals surface area (Å²) in [6.45, 7) is 5.82. The standard InChI is InChI=1S/C16H21NO4.C8H11N/c1-11(2)16(10-17,8-7-15(18)19)12-5-6-13(20-3)14(9-12)21-4;1-7(9)8-5-3-2-4-6-8/h5-6,9,11H,7-8H2,1-4H3,(H,18,19);2-7H,9H2,1H3/t16-;7-/m01/s1. The molecule has 2 aromatic rings. The summed E-state index contributed by atoms with van der Waals surface area (Å²) in [7, 11) is 3.07. The Hall–Kier alpha value is -3.04. The van der Waals surface area contributed by atoms with E-state index < -0.39 is 11.4 Å². The minimum Gasteiger partial charge on any atom is -0.493 e. The molecule has 30 heavy (non-hydrogen) atoms. The van der Waals surface area contributed by atoms with Crippen LogP contribution in [0.5, 0.6) is 11.5 Å². The van der Waals surface area contributed by atoms with Gasteiger partial charge in [0.05, 0.1) is 25.7 Å². The molecule has 0 saturated carbocycles. The maximum Gasteiger partial charge on any atom is 0.303 e. The van der Waals surface area contributed by atoms with Gasteiger partial charge in [0.15, 0.2) is 11.5 Å². The number of carboxylic acids is 1. The van der Waals surface area contributed by atoms with Crippen LogP contribution in [0.3, 0.4) is 0 Å². The predicted molar refractivity (Wildman–Crippen MR) is 118 cm³/mol.